The van der Waals surface area contributed by atoms with E-state index in [2.05, 4.69) is 10.0 Å². The lowest BCUT2D eigenvalue weighted by Gasteiger charge is -2.24. The number of ether oxygens (including phenoxy) is 1. The van der Waals surface area contributed by atoms with Crippen LogP contribution < -0.4 is 14.8 Å². The molecule has 2 N–H and O–H groups in total. The van der Waals surface area contributed by atoms with Crippen molar-refractivity contribution >= 4 is 15.9 Å². The second-order valence-corrected chi connectivity index (χ2v) is 10.2. The van der Waals surface area contributed by atoms with Crippen LogP contribution in [0.3, 0.4) is 0 Å². The summed E-state index contributed by atoms with van der Waals surface area (Å²) >= 11 is 0. The molecule has 1 unspecified atom stereocenters. The van der Waals surface area contributed by atoms with E-state index in [4.69, 9.17) is 4.74 Å². The maximum absolute atomic E-state index is 13.7. The van der Waals surface area contributed by atoms with Crippen molar-refractivity contribution in [2.24, 2.45) is 0 Å². The minimum absolute atomic E-state index is 0.0597. The number of hydrogen-bond acceptors (Lipinski definition) is 4. The summed E-state index contributed by atoms with van der Waals surface area (Å²) in [5, 5.41) is 3.08. The molecule has 0 aliphatic carbocycles. The first-order chi connectivity index (χ1) is 18.0. The zero-order chi connectivity index (χ0) is 26.1. The van der Waals surface area contributed by atoms with Gasteiger partial charge in [0.2, 0.25) is 15.9 Å². The standard InChI is InChI=1S/C30H30N2O4S/c1-2-36-26-18-20-27(21-19-26)37(34,35)32-28(22-23-12-6-3-7-13-23)30(33)31-29(24-14-8-4-9-15-24)25-16-10-5-11-17-25/h3-21,28-29,32H,2,22H2,1H3,(H,31,33). The van der Waals surface area contributed by atoms with Gasteiger partial charge in [0.05, 0.1) is 17.5 Å². The van der Waals surface area contributed by atoms with Gasteiger partial charge in [0.25, 0.3) is 0 Å². The van der Waals surface area contributed by atoms with Crippen LogP contribution >= 0.6 is 0 Å². The number of amides is 1. The molecule has 0 bridgehead atoms. The van der Waals surface area contributed by atoms with Crippen molar-refractivity contribution in [3.05, 3.63) is 132 Å². The number of carbonyl (C=O) groups is 1. The van der Waals surface area contributed by atoms with Crippen LogP contribution in [0.5, 0.6) is 5.75 Å². The van der Waals surface area contributed by atoms with Gasteiger partial charge in [-0.05, 0) is 54.3 Å². The highest BCUT2D eigenvalue weighted by Crippen LogP contribution is 2.23. The van der Waals surface area contributed by atoms with Gasteiger partial charge in [-0.2, -0.15) is 4.72 Å². The highest BCUT2D eigenvalue weighted by Gasteiger charge is 2.28. The third-order valence-corrected chi connectivity index (χ3v) is 7.38. The molecule has 0 saturated carbocycles. The maximum Gasteiger partial charge on any atom is 0.241 e. The van der Waals surface area contributed by atoms with Crippen molar-refractivity contribution in [3.63, 3.8) is 0 Å². The fourth-order valence-electron chi connectivity index (χ4n) is 4.07. The molecule has 0 saturated heterocycles. The van der Waals surface area contributed by atoms with Crippen LogP contribution in [0, 0.1) is 0 Å². The van der Waals surface area contributed by atoms with Crippen molar-refractivity contribution in [1.29, 1.82) is 0 Å². The molecule has 0 heterocycles. The van der Waals surface area contributed by atoms with Crippen molar-refractivity contribution in [1.82, 2.24) is 10.0 Å². The molecule has 4 aromatic carbocycles. The molecule has 0 fully saturated rings. The van der Waals surface area contributed by atoms with Crippen LogP contribution in [0.1, 0.15) is 29.7 Å². The van der Waals surface area contributed by atoms with Crippen LogP contribution in [0.15, 0.2) is 120 Å². The average molecular weight is 515 g/mol. The van der Waals surface area contributed by atoms with Crippen molar-refractivity contribution in [3.8, 4) is 5.75 Å². The molecule has 0 aromatic heterocycles. The molecular weight excluding hydrogens is 484 g/mol. The van der Waals surface area contributed by atoms with E-state index in [9.17, 15) is 13.2 Å². The van der Waals surface area contributed by atoms with Gasteiger partial charge >= 0.3 is 0 Å². The summed E-state index contributed by atoms with van der Waals surface area (Å²) in [4.78, 5) is 13.8. The Bertz CT molecular complexity index is 1340. The predicted molar refractivity (Wildman–Crippen MR) is 145 cm³/mol. The molecule has 7 heteroatoms. The Kier molecular flexibility index (Phi) is 8.72. The quantitative estimate of drug-likeness (QED) is 0.299. The van der Waals surface area contributed by atoms with E-state index in [1.54, 1.807) is 12.1 Å². The van der Waals surface area contributed by atoms with E-state index in [0.717, 1.165) is 16.7 Å². The predicted octanol–water partition coefficient (Wildman–Crippen LogP) is 4.88. The summed E-state index contributed by atoms with van der Waals surface area (Å²) in [5.41, 5.74) is 2.64. The van der Waals surface area contributed by atoms with Crippen LogP contribution in [0.2, 0.25) is 0 Å². The second kappa shape index (κ2) is 12.3. The minimum Gasteiger partial charge on any atom is -0.494 e. The number of hydrogen-bond donors (Lipinski definition) is 2. The summed E-state index contributed by atoms with van der Waals surface area (Å²) in [5.74, 6) is 0.157. The molecule has 0 spiro atoms. The highest BCUT2D eigenvalue weighted by atomic mass is 32.2. The molecule has 6 nitrogen and oxygen atoms in total. The monoisotopic (exact) mass is 514 g/mol. The number of carbonyl (C=O) groups excluding carboxylic acids is 1. The topological polar surface area (TPSA) is 84.5 Å². The summed E-state index contributed by atoms with van der Waals surface area (Å²) in [6.45, 7) is 2.34. The summed E-state index contributed by atoms with van der Waals surface area (Å²) in [7, 11) is -3.99. The number of benzene rings is 4. The molecule has 0 radical (unpaired) electrons. The summed E-state index contributed by atoms with van der Waals surface area (Å²) in [6, 6.07) is 33.2. The maximum atomic E-state index is 13.7. The zero-order valence-electron chi connectivity index (χ0n) is 20.6. The Morgan fingerprint density at radius 3 is 1.78 bits per heavy atom. The fourth-order valence-corrected chi connectivity index (χ4v) is 5.26. The third-order valence-electron chi connectivity index (χ3n) is 5.89. The SMILES string of the molecule is CCOc1ccc(S(=O)(=O)NC(Cc2ccccc2)C(=O)NC(c2ccccc2)c2ccccc2)cc1. The van der Waals surface area contributed by atoms with E-state index in [1.807, 2.05) is 97.9 Å². The average Bonchev–Trinajstić information content (AvgIpc) is 2.93. The van der Waals surface area contributed by atoms with E-state index in [0.29, 0.717) is 12.4 Å². The highest BCUT2D eigenvalue weighted by molar-refractivity contribution is 7.89. The smallest absolute Gasteiger partial charge is 0.241 e. The van der Waals surface area contributed by atoms with E-state index in [-0.39, 0.29) is 11.3 Å². The zero-order valence-corrected chi connectivity index (χ0v) is 21.4. The van der Waals surface area contributed by atoms with E-state index in [1.165, 1.54) is 12.1 Å². The van der Waals surface area contributed by atoms with Gasteiger partial charge < -0.3 is 10.1 Å². The van der Waals surface area contributed by atoms with Gasteiger partial charge in [0, 0.05) is 0 Å². The second-order valence-electron chi connectivity index (χ2n) is 8.53. The van der Waals surface area contributed by atoms with Crippen LogP contribution in [0.25, 0.3) is 0 Å². The first-order valence-corrected chi connectivity index (χ1v) is 13.6. The molecule has 0 aliphatic heterocycles. The lowest BCUT2D eigenvalue weighted by Crippen LogP contribution is -2.49. The molecule has 4 aromatic rings. The number of nitrogens with one attached hydrogen (secondary N) is 2. The van der Waals surface area contributed by atoms with Gasteiger partial charge in [-0.15, -0.1) is 0 Å². The van der Waals surface area contributed by atoms with Crippen molar-refractivity contribution in [2.75, 3.05) is 6.61 Å². The van der Waals surface area contributed by atoms with Crippen LogP contribution in [-0.2, 0) is 21.2 Å². The fraction of sp³-hybridized carbons (Fsp3) is 0.167. The lowest BCUT2D eigenvalue weighted by atomic mass is 9.97. The van der Waals surface area contributed by atoms with Crippen LogP contribution in [-0.4, -0.2) is 27.0 Å². The van der Waals surface area contributed by atoms with Gasteiger partial charge in [-0.25, -0.2) is 8.42 Å². The van der Waals surface area contributed by atoms with E-state index < -0.39 is 28.0 Å². The summed E-state index contributed by atoms with van der Waals surface area (Å²) in [6.07, 6.45) is 0.194. The molecule has 37 heavy (non-hydrogen) atoms. The molecule has 1 atom stereocenters. The minimum atomic E-state index is -3.99. The first kappa shape index (κ1) is 26.1. The van der Waals surface area contributed by atoms with Crippen molar-refractivity contribution < 1.29 is 17.9 Å². The van der Waals surface area contributed by atoms with Gasteiger partial charge in [-0.1, -0.05) is 91.0 Å². The molecule has 0 aliphatic rings. The molecular formula is C30H30N2O4S. The summed E-state index contributed by atoms with van der Waals surface area (Å²) < 4.78 is 34.7. The van der Waals surface area contributed by atoms with Gasteiger partial charge in [0.15, 0.2) is 0 Å². The number of sulfonamides is 1. The molecule has 4 rings (SSSR count). The first-order valence-electron chi connectivity index (χ1n) is 12.2. The van der Waals surface area contributed by atoms with Gasteiger partial charge in [0.1, 0.15) is 11.8 Å². The Morgan fingerprint density at radius 2 is 1.27 bits per heavy atom. The molecule has 1 amide bonds. The largest absolute Gasteiger partial charge is 0.494 e. The Balaban J connectivity index is 1.63. The van der Waals surface area contributed by atoms with Gasteiger partial charge in [-0.3, -0.25) is 4.79 Å². The Hall–Kier alpha value is -3.94. The third kappa shape index (κ3) is 7.06. The molecule has 190 valence electrons. The Labute approximate surface area is 218 Å². The van der Waals surface area contributed by atoms with E-state index >= 15 is 0 Å². The Morgan fingerprint density at radius 1 is 0.757 bits per heavy atom. The number of rotatable bonds is 11. The lowest BCUT2D eigenvalue weighted by molar-refractivity contribution is -0.123. The van der Waals surface area contributed by atoms with Crippen molar-refractivity contribution in [2.45, 2.75) is 30.3 Å². The normalized spacial score (nSPS) is 12.2. The van der Waals surface area contributed by atoms with Crippen LogP contribution in [0.4, 0.5) is 0 Å².